The number of carbonyl (C=O) groups excluding carboxylic acids is 2. The molecule has 1 aliphatic heterocycles. The van der Waals surface area contributed by atoms with Gasteiger partial charge in [0.25, 0.3) is 0 Å². The molecule has 6 nitrogen and oxygen atoms in total. The summed E-state index contributed by atoms with van der Waals surface area (Å²) in [7, 11) is 3.26. The van der Waals surface area contributed by atoms with Crippen molar-refractivity contribution < 1.29 is 19.1 Å². The number of rotatable bonds is 7. The second kappa shape index (κ2) is 9.23. The van der Waals surface area contributed by atoms with Crippen molar-refractivity contribution in [1.82, 2.24) is 9.80 Å². The van der Waals surface area contributed by atoms with E-state index in [0.717, 1.165) is 19.4 Å². The molecule has 0 aromatic heterocycles. The van der Waals surface area contributed by atoms with Gasteiger partial charge >= 0.3 is 0 Å². The summed E-state index contributed by atoms with van der Waals surface area (Å²) in [5.74, 6) is 0.101. The molecule has 1 rings (SSSR count). The molecule has 0 spiro atoms. The van der Waals surface area contributed by atoms with Crippen molar-refractivity contribution in [3.8, 4) is 0 Å². The molecule has 0 bridgehead atoms. The van der Waals surface area contributed by atoms with Gasteiger partial charge in [0.05, 0.1) is 19.1 Å². The van der Waals surface area contributed by atoms with Gasteiger partial charge in [-0.2, -0.15) is 0 Å². The molecule has 1 saturated heterocycles. The maximum atomic E-state index is 12.8. The van der Waals surface area contributed by atoms with Crippen LogP contribution in [0.4, 0.5) is 0 Å². The molecule has 0 aromatic carbocycles. The average molecular weight is 328 g/mol. The molecule has 0 N–H and O–H groups in total. The molecule has 6 heteroatoms. The summed E-state index contributed by atoms with van der Waals surface area (Å²) >= 11 is 0. The third-order valence-corrected chi connectivity index (χ3v) is 4.14. The quantitative estimate of drug-likeness (QED) is 0.709. The van der Waals surface area contributed by atoms with Crippen LogP contribution in [0.2, 0.25) is 0 Å². The molecule has 1 fully saturated rings. The standard InChI is InChI=1S/C17H32N2O4/c1-17(2,3)16(21)19-8-6-7-14(13-19)15(20)18(9-11-22-4)10-12-23-5/h14H,6-13H2,1-5H3. The van der Waals surface area contributed by atoms with Crippen molar-refractivity contribution in [3.05, 3.63) is 0 Å². The second-order valence-electron chi connectivity index (χ2n) is 7.15. The first-order chi connectivity index (χ1) is 10.8. The number of likely N-dealkylation sites (tertiary alicyclic amines) is 1. The van der Waals surface area contributed by atoms with Crippen molar-refractivity contribution in [2.45, 2.75) is 33.6 Å². The first kappa shape index (κ1) is 19.9. The van der Waals surface area contributed by atoms with E-state index in [1.165, 1.54) is 0 Å². The number of nitrogens with zero attached hydrogens (tertiary/aromatic N) is 2. The van der Waals surface area contributed by atoms with Crippen LogP contribution in [0.25, 0.3) is 0 Å². The van der Waals surface area contributed by atoms with E-state index in [-0.39, 0.29) is 17.7 Å². The number of carbonyl (C=O) groups is 2. The van der Waals surface area contributed by atoms with Crippen LogP contribution in [-0.2, 0) is 19.1 Å². The highest BCUT2D eigenvalue weighted by Crippen LogP contribution is 2.24. The lowest BCUT2D eigenvalue weighted by Gasteiger charge is -2.37. The first-order valence-electron chi connectivity index (χ1n) is 8.37. The Kier molecular flexibility index (Phi) is 7.99. The lowest BCUT2D eigenvalue weighted by Crippen LogP contribution is -2.50. The van der Waals surface area contributed by atoms with E-state index in [1.807, 2.05) is 25.7 Å². The third kappa shape index (κ3) is 6.11. The number of ether oxygens (including phenoxy) is 2. The molecule has 1 heterocycles. The normalized spacial score (nSPS) is 18.8. The summed E-state index contributed by atoms with van der Waals surface area (Å²) in [6.45, 7) is 9.16. The molecule has 23 heavy (non-hydrogen) atoms. The van der Waals surface area contributed by atoms with E-state index in [2.05, 4.69) is 0 Å². The summed E-state index contributed by atoms with van der Waals surface area (Å²) in [4.78, 5) is 28.9. The zero-order chi connectivity index (χ0) is 17.5. The molecule has 0 saturated carbocycles. The van der Waals surface area contributed by atoms with Crippen LogP contribution in [0.1, 0.15) is 33.6 Å². The summed E-state index contributed by atoms with van der Waals surface area (Å²) in [5.41, 5.74) is -0.406. The number of hydrogen-bond acceptors (Lipinski definition) is 4. The molecule has 1 atom stereocenters. The predicted molar refractivity (Wildman–Crippen MR) is 89.1 cm³/mol. The summed E-state index contributed by atoms with van der Waals surface area (Å²) in [6, 6.07) is 0. The van der Waals surface area contributed by atoms with Gasteiger partial charge in [-0.25, -0.2) is 0 Å². The zero-order valence-corrected chi connectivity index (χ0v) is 15.3. The fourth-order valence-electron chi connectivity index (χ4n) is 2.83. The van der Waals surface area contributed by atoms with Gasteiger partial charge in [-0.15, -0.1) is 0 Å². The maximum Gasteiger partial charge on any atom is 0.227 e. The SMILES string of the molecule is COCCN(CCOC)C(=O)C1CCCN(C(=O)C(C)(C)C)C1. The number of piperidine rings is 1. The minimum Gasteiger partial charge on any atom is -0.383 e. The number of amides is 2. The molecule has 0 aliphatic carbocycles. The van der Waals surface area contributed by atoms with Crippen molar-refractivity contribution in [3.63, 3.8) is 0 Å². The van der Waals surface area contributed by atoms with Gasteiger partial charge in [0.2, 0.25) is 11.8 Å². The third-order valence-electron chi connectivity index (χ3n) is 4.14. The Hall–Kier alpha value is -1.14. The molecular formula is C17H32N2O4. The van der Waals surface area contributed by atoms with E-state index in [0.29, 0.717) is 32.8 Å². The van der Waals surface area contributed by atoms with Crippen LogP contribution in [-0.4, -0.2) is 75.2 Å². The fraction of sp³-hybridized carbons (Fsp3) is 0.882. The Labute approximate surface area is 140 Å². The van der Waals surface area contributed by atoms with Crippen LogP contribution in [0.3, 0.4) is 0 Å². The molecule has 134 valence electrons. The topological polar surface area (TPSA) is 59.1 Å². The van der Waals surface area contributed by atoms with Crippen molar-refractivity contribution in [1.29, 1.82) is 0 Å². The minimum absolute atomic E-state index is 0.102. The monoisotopic (exact) mass is 328 g/mol. The summed E-state index contributed by atoms with van der Waals surface area (Å²) in [6.07, 6.45) is 1.71. The van der Waals surface area contributed by atoms with Gasteiger partial charge in [0.15, 0.2) is 0 Å². The van der Waals surface area contributed by atoms with Crippen molar-refractivity contribution in [2.75, 3.05) is 53.6 Å². The van der Waals surface area contributed by atoms with Crippen LogP contribution in [0.15, 0.2) is 0 Å². The molecule has 0 radical (unpaired) electrons. The van der Waals surface area contributed by atoms with Gasteiger partial charge < -0.3 is 19.3 Å². The van der Waals surface area contributed by atoms with E-state index < -0.39 is 5.41 Å². The fourth-order valence-corrected chi connectivity index (χ4v) is 2.83. The Bertz CT molecular complexity index is 385. The first-order valence-corrected chi connectivity index (χ1v) is 8.37. The highest BCUT2D eigenvalue weighted by molar-refractivity contribution is 5.84. The second-order valence-corrected chi connectivity index (χ2v) is 7.15. The van der Waals surface area contributed by atoms with E-state index in [9.17, 15) is 9.59 Å². The summed E-state index contributed by atoms with van der Waals surface area (Å²) < 4.78 is 10.2. The summed E-state index contributed by atoms with van der Waals surface area (Å²) in [5, 5.41) is 0. The highest BCUT2D eigenvalue weighted by Gasteiger charge is 2.34. The number of methoxy groups -OCH3 is 2. The molecule has 0 aromatic rings. The lowest BCUT2D eigenvalue weighted by molar-refractivity contribution is -0.145. The maximum absolute atomic E-state index is 12.8. The van der Waals surface area contributed by atoms with E-state index >= 15 is 0 Å². The van der Waals surface area contributed by atoms with Crippen LogP contribution < -0.4 is 0 Å². The Morgan fingerprint density at radius 2 is 1.70 bits per heavy atom. The average Bonchev–Trinajstić information content (AvgIpc) is 2.53. The predicted octanol–water partition coefficient (Wildman–Crippen LogP) is 1.39. The van der Waals surface area contributed by atoms with Gasteiger partial charge in [-0.1, -0.05) is 20.8 Å². The Morgan fingerprint density at radius 3 is 2.17 bits per heavy atom. The minimum atomic E-state index is -0.406. The van der Waals surface area contributed by atoms with Crippen molar-refractivity contribution in [2.24, 2.45) is 11.3 Å². The van der Waals surface area contributed by atoms with Gasteiger partial charge in [-0.05, 0) is 12.8 Å². The van der Waals surface area contributed by atoms with Gasteiger partial charge in [0.1, 0.15) is 0 Å². The molecular weight excluding hydrogens is 296 g/mol. The lowest BCUT2D eigenvalue weighted by atomic mass is 9.90. The van der Waals surface area contributed by atoms with Crippen molar-refractivity contribution >= 4 is 11.8 Å². The smallest absolute Gasteiger partial charge is 0.227 e. The van der Waals surface area contributed by atoms with E-state index in [1.54, 1.807) is 19.1 Å². The molecule has 1 aliphatic rings. The molecule has 1 unspecified atom stereocenters. The van der Waals surface area contributed by atoms with Crippen LogP contribution in [0.5, 0.6) is 0 Å². The zero-order valence-electron chi connectivity index (χ0n) is 15.3. The van der Waals surface area contributed by atoms with Crippen LogP contribution in [0, 0.1) is 11.3 Å². The van der Waals surface area contributed by atoms with Gasteiger partial charge in [0, 0.05) is 45.8 Å². The number of hydrogen-bond donors (Lipinski definition) is 0. The van der Waals surface area contributed by atoms with E-state index in [4.69, 9.17) is 9.47 Å². The largest absolute Gasteiger partial charge is 0.383 e. The molecule has 2 amide bonds. The Balaban J connectivity index is 2.70. The van der Waals surface area contributed by atoms with Gasteiger partial charge in [-0.3, -0.25) is 9.59 Å². The Morgan fingerprint density at radius 1 is 1.13 bits per heavy atom. The van der Waals surface area contributed by atoms with Crippen LogP contribution >= 0.6 is 0 Å². The highest BCUT2D eigenvalue weighted by atomic mass is 16.5.